The normalized spacial score (nSPS) is 12.1. The smallest absolute Gasteiger partial charge is 0.335 e. The molecule has 0 saturated heterocycles. The molecule has 1 N–H and O–H groups in total. The lowest BCUT2D eigenvalue weighted by molar-refractivity contribution is -0.149. The van der Waals surface area contributed by atoms with Crippen LogP contribution in [-0.2, 0) is 15.3 Å². The van der Waals surface area contributed by atoms with Crippen molar-refractivity contribution >= 4 is 17.7 Å². The first-order chi connectivity index (χ1) is 7.24. The van der Waals surface area contributed by atoms with Crippen LogP contribution in [0.2, 0.25) is 0 Å². The maximum atomic E-state index is 10.9. The first-order valence-corrected chi connectivity index (χ1v) is 5.77. The molecule has 0 saturated carbocycles. The van der Waals surface area contributed by atoms with Crippen molar-refractivity contribution in [2.24, 2.45) is 0 Å². The van der Waals surface area contributed by atoms with Gasteiger partial charge in [0.15, 0.2) is 6.10 Å². The fourth-order valence-corrected chi connectivity index (χ4v) is 1.97. The Morgan fingerprint density at radius 3 is 2.73 bits per heavy atom. The van der Waals surface area contributed by atoms with Gasteiger partial charge in [0.2, 0.25) is 0 Å². The molecule has 0 aliphatic carbocycles. The molecule has 1 atom stereocenters. The Bertz CT molecular complexity index is 300. The number of aliphatic hydroxyl groups excluding tert-OH is 1. The molecule has 0 bridgehead atoms. The summed E-state index contributed by atoms with van der Waals surface area (Å²) in [4.78, 5) is 10.9. The van der Waals surface area contributed by atoms with Gasteiger partial charge in [0, 0.05) is 11.5 Å². The van der Waals surface area contributed by atoms with Gasteiger partial charge in [-0.3, -0.25) is 0 Å². The number of rotatable bonds is 5. The molecule has 0 radical (unpaired) electrons. The van der Waals surface area contributed by atoms with Crippen molar-refractivity contribution in [3.05, 3.63) is 35.9 Å². The van der Waals surface area contributed by atoms with Crippen molar-refractivity contribution in [1.29, 1.82) is 0 Å². The van der Waals surface area contributed by atoms with Crippen LogP contribution in [0.5, 0.6) is 0 Å². The van der Waals surface area contributed by atoms with E-state index in [0.29, 0.717) is 5.75 Å². The van der Waals surface area contributed by atoms with Gasteiger partial charge in [0.05, 0.1) is 7.11 Å². The third kappa shape index (κ3) is 4.36. The largest absolute Gasteiger partial charge is 0.467 e. The summed E-state index contributed by atoms with van der Waals surface area (Å²) in [5.74, 6) is 0.576. The quantitative estimate of drug-likeness (QED) is 0.772. The summed E-state index contributed by atoms with van der Waals surface area (Å²) in [5.41, 5.74) is 1.18. The van der Waals surface area contributed by atoms with Crippen molar-refractivity contribution in [3.8, 4) is 0 Å². The number of thioether (sulfide) groups is 1. The molecular weight excluding hydrogens is 212 g/mol. The van der Waals surface area contributed by atoms with E-state index in [1.807, 2.05) is 30.3 Å². The summed E-state index contributed by atoms with van der Waals surface area (Å²) >= 11 is 1.51. The molecule has 0 aromatic heterocycles. The summed E-state index contributed by atoms with van der Waals surface area (Å²) in [6.45, 7) is 0. The van der Waals surface area contributed by atoms with Gasteiger partial charge in [-0.2, -0.15) is 11.8 Å². The van der Waals surface area contributed by atoms with Gasteiger partial charge in [-0.15, -0.1) is 0 Å². The number of esters is 1. The van der Waals surface area contributed by atoms with Crippen LogP contribution in [-0.4, -0.2) is 30.0 Å². The zero-order valence-electron chi connectivity index (χ0n) is 8.55. The molecule has 15 heavy (non-hydrogen) atoms. The molecule has 0 heterocycles. The van der Waals surface area contributed by atoms with Crippen molar-refractivity contribution < 1.29 is 14.6 Å². The topological polar surface area (TPSA) is 46.5 Å². The molecule has 0 aliphatic heterocycles. The molecule has 3 nitrogen and oxygen atoms in total. The first-order valence-electron chi connectivity index (χ1n) is 4.61. The van der Waals surface area contributed by atoms with E-state index in [-0.39, 0.29) is 0 Å². The minimum Gasteiger partial charge on any atom is -0.467 e. The van der Waals surface area contributed by atoms with E-state index in [1.54, 1.807) is 0 Å². The fraction of sp³-hybridized carbons (Fsp3) is 0.364. The van der Waals surface area contributed by atoms with Crippen LogP contribution in [0.1, 0.15) is 5.56 Å². The molecule has 1 rings (SSSR count). The highest BCUT2D eigenvalue weighted by atomic mass is 32.2. The number of carbonyl (C=O) groups excluding carboxylic acids is 1. The summed E-state index contributed by atoms with van der Waals surface area (Å²) in [5, 5.41) is 9.30. The summed E-state index contributed by atoms with van der Waals surface area (Å²) < 4.78 is 4.41. The van der Waals surface area contributed by atoms with Gasteiger partial charge in [-0.1, -0.05) is 30.3 Å². The van der Waals surface area contributed by atoms with Crippen LogP contribution in [0.3, 0.4) is 0 Å². The Morgan fingerprint density at radius 1 is 1.47 bits per heavy atom. The van der Waals surface area contributed by atoms with Crippen molar-refractivity contribution in [3.63, 3.8) is 0 Å². The van der Waals surface area contributed by atoms with Crippen LogP contribution in [0, 0.1) is 0 Å². The monoisotopic (exact) mass is 226 g/mol. The highest BCUT2D eigenvalue weighted by molar-refractivity contribution is 7.98. The van der Waals surface area contributed by atoms with Gasteiger partial charge in [0.1, 0.15) is 0 Å². The van der Waals surface area contributed by atoms with Crippen LogP contribution in [0.25, 0.3) is 0 Å². The number of hydrogen-bond acceptors (Lipinski definition) is 4. The van der Waals surface area contributed by atoms with E-state index in [1.165, 1.54) is 24.4 Å². The molecule has 1 aromatic rings. The average molecular weight is 226 g/mol. The fourth-order valence-electron chi connectivity index (χ4n) is 1.07. The van der Waals surface area contributed by atoms with E-state index in [9.17, 15) is 9.90 Å². The minimum absolute atomic E-state index is 0.363. The SMILES string of the molecule is COC(=O)[C@@H](O)CSCc1ccccc1. The van der Waals surface area contributed by atoms with Crippen molar-refractivity contribution in [2.75, 3.05) is 12.9 Å². The highest BCUT2D eigenvalue weighted by Gasteiger charge is 2.14. The zero-order valence-corrected chi connectivity index (χ0v) is 9.37. The van der Waals surface area contributed by atoms with Crippen LogP contribution in [0.15, 0.2) is 30.3 Å². The third-order valence-corrected chi connectivity index (χ3v) is 2.95. The predicted octanol–water partition coefficient (Wildman–Crippen LogP) is 1.45. The lowest BCUT2D eigenvalue weighted by Gasteiger charge is -2.07. The van der Waals surface area contributed by atoms with Gasteiger partial charge < -0.3 is 9.84 Å². The van der Waals surface area contributed by atoms with E-state index in [2.05, 4.69) is 4.74 Å². The first kappa shape index (κ1) is 12.1. The van der Waals surface area contributed by atoms with Gasteiger partial charge in [0.25, 0.3) is 0 Å². The van der Waals surface area contributed by atoms with E-state index in [0.717, 1.165) is 5.75 Å². The Kier molecular flexibility index (Phi) is 5.21. The third-order valence-electron chi connectivity index (χ3n) is 1.86. The van der Waals surface area contributed by atoms with Gasteiger partial charge in [-0.25, -0.2) is 4.79 Å². The zero-order chi connectivity index (χ0) is 11.1. The Morgan fingerprint density at radius 2 is 2.13 bits per heavy atom. The Hall–Kier alpha value is -1.00. The highest BCUT2D eigenvalue weighted by Crippen LogP contribution is 2.12. The molecule has 0 aliphatic rings. The van der Waals surface area contributed by atoms with Crippen molar-refractivity contribution in [1.82, 2.24) is 0 Å². The number of benzene rings is 1. The van der Waals surface area contributed by atoms with E-state index < -0.39 is 12.1 Å². The van der Waals surface area contributed by atoms with Crippen LogP contribution >= 0.6 is 11.8 Å². The molecule has 0 unspecified atom stereocenters. The lowest BCUT2D eigenvalue weighted by Crippen LogP contribution is -2.24. The number of methoxy groups -OCH3 is 1. The molecular formula is C11H14O3S. The number of hydrogen-bond donors (Lipinski definition) is 1. The molecule has 1 aromatic carbocycles. The van der Waals surface area contributed by atoms with Gasteiger partial charge >= 0.3 is 5.97 Å². The van der Waals surface area contributed by atoms with Gasteiger partial charge in [-0.05, 0) is 5.56 Å². The van der Waals surface area contributed by atoms with Crippen LogP contribution in [0.4, 0.5) is 0 Å². The second-order valence-corrected chi connectivity index (χ2v) is 4.07. The van der Waals surface area contributed by atoms with Crippen LogP contribution < -0.4 is 0 Å². The molecule has 4 heteroatoms. The number of ether oxygens (including phenoxy) is 1. The molecule has 0 fully saturated rings. The van der Waals surface area contributed by atoms with E-state index >= 15 is 0 Å². The summed E-state index contributed by atoms with van der Waals surface area (Å²) in [6, 6.07) is 9.91. The van der Waals surface area contributed by atoms with E-state index in [4.69, 9.17) is 0 Å². The second-order valence-electron chi connectivity index (χ2n) is 3.04. The number of aliphatic hydroxyl groups is 1. The molecule has 82 valence electrons. The predicted molar refractivity (Wildman–Crippen MR) is 60.6 cm³/mol. The summed E-state index contributed by atoms with van der Waals surface area (Å²) in [6.07, 6.45) is -1.02. The number of carbonyl (C=O) groups is 1. The van der Waals surface area contributed by atoms with Crippen molar-refractivity contribution in [2.45, 2.75) is 11.9 Å². The Balaban J connectivity index is 2.25. The maximum Gasteiger partial charge on any atom is 0.335 e. The standard InChI is InChI=1S/C11H14O3S/c1-14-11(13)10(12)8-15-7-9-5-3-2-4-6-9/h2-6,10,12H,7-8H2,1H3/t10-/m0/s1. The minimum atomic E-state index is -1.02. The second kappa shape index (κ2) is 6.48. The summed E-state index contributed by atoms with van der Waals surface area (Å²) in [7, 11) is 1.27. The Labute approximate surface area is 93.4 Å². The maximum absolute atomic E-state index is 10.9. The lowest BCUT2D eigenvalue weighted by atomic mass is 10.2. The molecule has 0 amide bonds. The average Bonchev–Trinajstić information content (AvgIpc) is 2.29. The molecule has 0 spiro atoms.